The summed E-state index contributed by atoms with van der Waals surface area (Å²) in [5.41, 5.74) is 0. The first-order valence-electron chi connectivity index (χ1n) is 0.494. The zero-order valence-corrected chi connectivity index (χ0v) is 4.27. The van der Waals surface area contributed by atoms with Crippen molar-refractivity contribution in [2.75, 3.05) is 0 Å². The summed E-state index contributed by atoms with van der Waals surface area (Å²) in [5, 5.41) is 0. The van der Waals surface area contributed by atoms with Gasteiger partial charge in [-0.3, -0.25) is 0 Å². The summed E-state index contributed by atoms with van der Waals surface area (Å²) in [6.45, 7) is 0. The van der Waals surface area contributed by atoms with Crippen LogP contribution >= 0.6 is 0 Å². The monoisotopic (exact) mass is 262 g/mol. The second-order valence-corrected chi connectivity index (χ2v) is 0.624. The third-order valence-electron chi connectivity index (χ3n) is 0. The Morgan fingerprint density at radius 2 is 1.75 bits per heavy atom. The van der Waals surface area contributed by atoms with Crippen LogP contribution in [0.15, 0.2) is 0 Å². The summed E-state index contributed by atoms with van der Waals surface area (Å²) in [6, 6.07) is 0. The summed E-state index contributed by atoms with van der Waals surface area (Å²) >= 11 is -2.14. The molecule has 0 aromatic carbocycles. The van der Waals surface area contributed by atoms with Crippen LogP contribution < -0.4 is 0 Å². The van der Waals surface area contributed by atoms with Crippen molar-refractivity contribution >= 4 is 48.9 Å². The van der Waals surface area contributed by atoms with Gasteiger partial charge in [-0.05, 0) is 0 Å². The van der Waals surface area contributed by atoms with Crippen LogP contribution in [-0.2, 0) is 31.8 Å². The summed E-state index contributed by atoms with van der Waals surface area (Å²) in [6.07, 6.45) is 0. The fourth-order valence-electron chi connectivity index (χ4n) is 0. The third kappa shape index (κ3) is 8.83. The van der Waals surface area contributed by atoms with Gasteiger partial charge in [0, 0.05) is 0 Å². The summed E-state index contributed by atoms with van der Waals surface area (Å²) in [7, 11) is 0. The predicted molar refractivity (Wildman–Crippen MR) is 11.4 cm³/mol. The van der Waals surface area contributed by atoms with E-state index in [0.29, 0.717) is 0 Å². The van der Waals surface area contributed by atoms with Gasteiger partial charge in [0.25, 0.3) is 0 Å². The molecule has 0 saturated carbocycles. The van der Waals surface area contributed by atoms with Gasteiger partial charge in [0.2, 0.25) is 0 Å². The fraction of sp³-hybridized carbons (Fsp3) is 0. The van der Waals surface area contributed by atoms with E-state index >= 15 is 0 Å². The number of hydrogen-bond donors (Lipinski definition) is 1. The van der Waals surface area contributed by atoms with Crippen LogP contribution in [0.2, 0.25) is 0 Å². The maximum absolute atomic E-state index is 8.68. The van der Waals surface area contributed by atoms with Crippen molar-refractivity contribution in [3.63, 3.8) is 0 Å². The van der Waals surface area contributed by atoms with Crippen LogP contribution in [0.25, 0.3) is 0 Å². The van der Waals surface area contributed by atoms with Crippen LogP contribution in [-0.4, -0.2) is 51.3 Å². The van der Waals surface area contributed by atoms with Gasteiger partial charge in [0.1, 0.15) is 0 Å². The van der Waals surface area contributed by atoms with Crippen molar-refractivity contribution in [3.8, 4) is 0 Å². The average Bonchev–Trinajstić information content (AvgIpc) is 0.918. The molecule has 0 radical (unpaired) electrons. The van der Waals surface area contributed by atoms with Crippen molar-refractivity contribution in [1.82, 2.24) is 0 Å². The molecule has 0 spiro atoms. The zero-order valence-electron chi connectivity index (χ0n) is 1.43. The van der Waals surface area contributed by atoms with Crippen LogP contribution in [0.3, 0.4) is 0 Å². The molecule has 0 amide bonds. The fourth-order valence-corrected chi connectivity index (χ4v) is 0. The van der Waals surface area contributed by atoms with Gasteiger partial charge in [-0.25, -0.2) is 0 Å². The van der Waals surface area contributed by atoms with E-state index in [1.165, 1.54) is 0 Å². The molecule has 0 aromatic rings. The molecule has 0 aromatic heterocycles. The average molecular weight is 261 g/mol. The van der Waals surface area contributed by atoms with Gasteiger partial charge in [-0.2, -0.15) is 0 Å². The van der Waals surface area contributed by atoms with E-state index in [1.54, 1.807) is 0 Å². The first-order chi connectivity index (χ1) is 1.41. The SMILES string of the molecule is [BaH2].[O]=[Y][OH]. The molecule has 0 saturated heterocycles. The first kappa shape index (κ1) is 9.66. The predicted octanol–water partition coefficient (Wildman–Crippen LogP) is -1.59. The Morgan fingerprint density at radius 1 is 1.75 bits per heavy atom. The Hall–Kier alpha value is 2.44. The molecule has 2 nitrogen and oxygen atoms in total. The van der Waals surface area contributed by atoms with Crippen LogP contribution in [0.5, 0.6) is 0 Å². The van der Waals surface area contributed by atoms with Crippen LogP contribution in [0.1, 0.15) is 0 Å². The van der Waals surface area contributed by atoms with E-state index in [0.717, 1.165) is 0 Å². The quantitative estimate of drug-likeness (QED) is 0.534. The van der Waals surface area contributed by atoms with E-state index in [1.807, 2.05) is 0 Å². The van der Waals surface area contributed by atoms with E-state index in [-0.39, 0.29) is 48.9 Å². The van der Waals surface area contributed by atoms with Gasteiger partial charge in [0.05, 0.1) is 0 Å². The minimum atomic E-state index is -2.14. The maximum atomic E-state index is 8.68. The molecular formula is H3BaO2Y. The molecule has 0 aliphatic rings. The van der Waals surface area contributed by atoms with E-state index < -0.39 is 29.8 Å². The Morgan fingerprint density at radius 3 is 1.75 bits per heavy atom. The Bertz CT molecular complexity index is 13.5. The normalized spacial score (nSPS) is 2.25. The number of hydrogen-bond acceptors (Lipinski definition) is 1. The molecule has 4 heteroatoms. The molecule has 0 atom stereocenters. The molecule has 20 valence electrons. The summed E-state index contributed by atoms with van der Waals surface area (Å²) in [4.78, 5) is 0. The third-order valence-corrected chi connectivity index (χ3v) is 0. The van der Waals surface area contributed by atoms with E-state index in [9.17, 15) is 0 Å². The second kappa shape index (κ2) is 9.06. The van der Waals surface area contributed by atoms with Crippen molar-refractivity contribution in [1.29, 1.82) is 0 Å². The van der Waals surface area contributed by atoms with Gasteiger partial charge in [0.15, 0.2) is 0 Å². The van der Waals surface area contributed by atoms with Crippen LogP contribution in [0, 0.1) is 0 Å². The topological polar surface area (TPSA) is 37.3 Å². The van der Waals surface area contributed by atoms with Crippen molar-refractivity contribution in [3.05, 3.63) is 0 Å². The van der Waals surface area contributed by atoms with E-state index in [4.69, 9.17) is 4.47 Å². The van der Waals surface area contributed by atoms with Crippen molar-refractivity contribution in [2.45, 2.75) is 0 Å². The van der Waals surface area contributed by atoms with Gasteiger partial charge in [-0.15, -0.1) is 0 Å². The molecule has 0 heterocycles. The first-order valence-corrected chi connectivity index (χ1v) is 2.92. The molecule has 0 aliphatic heterocycles. The molecule has 0 fully saturated rings. The van der Waals surface area contributed by atoms with Crippen molar-refractivity contribution < 1.29 is 34.2 Å². The Balaban J connectivity index is 0. The standard InChI is InChI=1S/Ba.H2O.O.Y.2H/h;1H2;;;;/q;;;+1;;/p-1. The molecule has 0 unspecified atom stereocenters. The molecule has 0 bridgehead atoms. The Labute approximate surface area is 80.9 Å². The van der Waals surface area contributed by atoms with Crippen molar-refractivity contribution in [2.24, 2.45) is 0 Å². The molecule has 4 heavy (non-hydrogen) atoms. The second-order valence-electron chi connectivity index (χ2n) is 0.105. The molecule has 0 rings (SSSR count). The van der Waals surface area contributed by atoms with Gasteiger partial charge < -0.3 is 0 Å². The molecule has 1 N–H and O–H groups in total. The minimum absolute atomic E-state index is 0. The summed E-state index contributed by atoms with van der Waals surface area (Å²) in [5.74, 6) is 0. The zero-order chi connectivity index (χ0) is 2.71. The Kier molecular flexibility index (Phi) is 21.9. The van der Waals surface area contributed by atoms with E-state index in [2.05, 4.69) is 0 Å². The summed E-state index contributed by atoms with van der Waals surface area (Å²) < 4.78 is 15.9. The molecular weight excluding hydrogens is 258 g/mol. The van der Waals surface area contributed by atoms with Gasteiger partial charge >= 0.3 is 83.1 Å². The molecule has 0 aliphatic carbocycles. The number of rotatable bonds is 0. The van der Waals surface area contributed by atoms with Gasteiger partial charge in [-0.1, -0.05) is 0 Å². The van der Waals surface area contributed by atoms with Crippen LogP contribution in [0.4, 0.5) is 0 Å².